The van der Waals surface area contributed by atoms with E-state index in [0.717, 1.165) is 42.4 Å². The quantitative estimate of drug-likeness (QED) is 0.326. The first-order valence-corrected chi connectivity index (χ1v) is 10.9. The van der Waals surface area contributed by atoms with Crippen LogP contribution in [0.1, 0.15) is 24.5 Å². The molecule has 1 fully saturated rings. The van der Waals surface area contributed by atoms with Crippen molar-refractivity contribution < 1.29 is 13.5 Å². The molecule has 4 aromatic rings. The number of piperidine rings is 1. The highest BCUT2D eigenvalue weighted by Crippen LogP contribution is 2.38. The number of fused-ring (bicyclic) bond motifs is 1. The average molecular weight is 452 g/mol. The van der Waals surface area contributed by atoms with Gasteiger partial charge in [0.1, 0.15) is 17.2 Å². The van der Waals surface area contributed by atoms with Crippen molar-refractivity contribution in [2.75, 3.05) is 13.1 Å². The molecular weight excluding hydrogens is 432 g/mol. The smallest absolute Gasteiger partial charge is 0.251 e. The van der Waals surface area contributed by atoms with E-state index >= 15 is 0 Å². The number of halogens is 3. The molecule has 0 aliphatic carbocycles. The third kappa shape index (κ3) is 3.70. The van der Waals surface area contributed by atoms with Crippen molar-refractivity contribution in [3.63, 3.8) is 0 Å². The molecule has 0 saturated carbocycles. The van der Waals surface area contributed by atoms with Gasteiger partial charge in [0.05, 0.1) is 10.6 Å². The van der Waals surface area contributed by atoms with Gasteiger partial charge in [-0.1, -0.05) is 23.7 Å². The van der Waals surface area contributed by atoms with Crippen molar-refractivity contribution in [1.82, 2.24) is 10.3 Å². The van der Waals surface area contributed by atoms with Crippen molar-refractivity contribution in [3.05, 3.63) is 88.4 Å². The molecule has 2 aromatic heterocycles. The summed E-state index contributed by atoms with van der Waals surface area (Å²) in [7, 11) is 0. The average Bonchev–Trinajstić information content (AvgIpc) is 2.80. The van der Waals surface area contributed by atoms with Crippen LogP contribution in [-0.4, -0.2) is 18.1 Å². The second-order valence-electron chi connectivity index (χ2n) is 7.98. The lowest BCUT2D eigenvalue weighted by molar-refractivity contribution is -0.592. The van der Waals surface area contributed by atoms with Crippen molar-refractivity contribution >= 4 is 22.5 Å². The van der Waals surface area contributed by atoms with Gasteiger partial charge >= 0.3 is 0 Å². The van der Waals surface area contributed by atoms with Gasteiger partial charge in [-0.15, -0.1) is 0 Å². The minimum Gasteiger partial charge on any atom is -0.618 e. The standard InChI is InChI=1S/C25H20ClF2N3O/c26-21-4-2-1-3-19(21)25-24-18(9-12-31(25)32)20(17-6-5-16(27)13-22(17)28)14-23(30-24)15-7-10-29-11-8-15/h1-6,9,12-15,29H,7-8,10-11H2. The predicted octanol–water partition coefficient (Wildman–Crippen LogP) is 5.60. The van der Waals surface area contributed by atoms with Crippen LogP contribution in [0.15, 0.2) is 60.8 Å². The highest BCUT2D eigenvalue weighted by Gasteiger charge is 2.25. The molecule has 0 amide bonds. The maximum atomic E-state index is 14.8. The molecule has 1 N–H and O–H groups in total. The molecule has 5 rings (SSSR count). The Labute approximate surface area is 189 Å². The van der Waals surface area contributed by atoms with E-state index in [1.165, 1.54) is 18.3 Å². The summed E-state index contributed by atoms with van der Waals surface area (Å²) in [6, 6.07) is 14.1. The molecule has 1 saturated heterocycles. The third-order valence-electron chi connectivity index (χ3n) is 6.01. The molecule has 0 bridgehead atoms. The predicted molar refractivity (Wildman–Crippen MR) is 121 cm³/mol. The topological polar surface area (TPSA) is 51.9 Å². The van der Waals surface area contributed by atoms with Crippen LogP contribution in [0, 0.1) is 16.8 Å². The molecule has 1 aliphatic heterocycles. The maximum absolute atomic E-state index is 14.8. The fourth-order valence-electron chi connectivity index (χ4n) is 4.40. The van der Waals surface area contributed by atoms with Gasteiger partial charge in [0, 0.05) is 34.7 Å². The summed E-state index contributed by atoms with van der Waals surface area (Å²) in [5, 5.41) is 17.3. The molecule has 4 nitrogen and oxygen atoms in total. The van der Waals surface area contributed by atoms with E-state index in [1.54, 1.807) is 30.3 Å². The van der Waals surface area contributed by atoms with Crippen LogP contribution in [0.5, 0.6) is 0 Å². The zero-order valence-corrected chi connectivity index (χ0v) is 17.9. The maximum Gasteiger partial charge on any atom is 0.251 e. The second kappa shape index (κ2) is 8.45. The Kier molecular flexibility index (Phi) is 5.49. The van der Waals surface area contributed by atoms with E-state index in [9.17, 15) is 14.0 Å². The van der Waals surface area contributed by atoms with E-state index < -0.39 is 11.6 Å². The monoisotopic (exact) mass is 451 g/mol. The molecule has 0 atom stereocenters. The lowest BCUT2D eigenvalue weighted by Gasteiger charge is -2.23. The summed E-state index contributed by atoms with van der Waals surface area (Å²) in [6.45, 7) is 1.72. The van der Waals surface area contributed by atoms with Crippen molar-refractivity contribution in [1.29, 1.82) is 0 Å². The summed E-state index contributed by atoms with van der Waals surface area (Å²) in [6.07, 6.45) is 3.14. The van der Waals surface area contributed by atoms with E-state index in [-0.39, 0.29) is 11.5 Å². The van der Waals surface area contributed by atoms with E-state index in [2.05, 4.69) is 5.32 Å². The number of aromatic nitrogens is 2. The normalized spacial score (nSPS) is 14.7. The van der Waals surface area contributed by atoms with Crippen LogP contribution in [0.3, 0.4) is 0 Å². The van der Waals surface area contributed by atoms with Crippen LogP contribution >= 0.6 is 11.6 Å². The first-order chi connectivity index (χ1) is 15.5. The third-order valence-corrected chi connectivity index (χ3v) is 6.34. The highest BCUT2D eigenvalue weighted by molar-refractivity contribution is 6.33. The number of benzene rings is 2. The lowest BCUT2D eigenvalue weighted by Crippen LogP contribution is -2.30. The Morgan fingerprint density at radius 3 is 2.50 bits per heavy atom. The van der Waals surface area contributed by atoms with Crippen molar-refractivity contribution in [3.8, 4) is 22.4 Å². The number of nitrogens with one attached hydrogen (secondary N) is 1. The van der Waals surface area contributed by atoms with Crippen LogP contribution < -0.4 is 10.0 Å². The highest BCUT2D eigenvalue weighted by atomic mass is 35.5. The molecule has 0 unspecified atom stereocenters. The summed E-state index contributed by atoms with van der Waals surface area (Å²) in [5.74, 6) is -1.13. The number of hydrogen-bond acceptors (Lipinski definition) is 3. The second-order valence-corrected chi connectivity index (χ2v) is 8.38. The fourth-order valence-corrected chi connectivity index (χ4v) is 4.63. The molecule has 0 radical (unpaired) electrons. The van der Waals surface area contributed by atoms with Crippen molar-refractivity contribution in [2.45, 2.75) is 18.8 Å². The van der Waals surface area contributed by atoms with Crippen LogP contribution in [0.4, 0.5) is 8.78 Å². The van der Waals surface area contributed by atoms with Gasteiger partial charge in [-0.05, 0) is 61.8 Å². The Hall–Kier alpha value is -3.09. The van der Waals surface area contributed by atoms with Crippen LogP contribution in [0.2, 0.25) is 5.02 Å². The van der Waals surface area contributed by atoms with Gasteiger partial charge in [0.25, 0.3) is 5.69 Å². The van der Waals surface area contributed by atoms with Gasteiger partial charge in [-0.25, -0.2) is 13.8 Å². The Bertz CT molecular complexity index is 1320. The summed E-state index contributed by atoms with van der Waals surface area (Å²) in [4.78, 5) is 4.91. The summed E-state index contributed by atoms with van der Waals surface area (Å²) in [5.41, 5.74) is 2.95. The SMILES string of the molecule is [O-][n+]1ccc2c(-c3ccc(F)cc3F)cc(C3CCNCC3)nc2c1-c1ccccc1Cl. The zero-order chi connectivity index (χ0) is 22.2. The molecule has 2 aromatic carbocycles. The molecule has 1 aliphatic rings. The van der Waals surface area contributed by atoms with Gasteiger partial charge in [0.15, 0.2) is 6.20 Å². The molecule has 162 valence electrons. The van der Waals surface area contributed by atoms with Gasteiger partial charge in [-0.3, -0.25) is 0 Å². The van der Waals surface area contributed by atoms with Gasteiger partial charge in [0.2, 0.25) is 0 Å². The molecule has 7 heteroatoms. The van der Waals surface area contributed by atoms with Crippen LogP contribution in [0.25, 0.3) is 33.3 Å². The van der Waals surface area contributed by atoms with Crippen LogP contribution in [-0.2, 0) is 0 Å². The Balaban J connectivity index is 1.85. The minimum absolute atomic E-state index is 0.169. The number of rotatable bonds is 3. The van der Waals surface area contributed by atoms with Gasteiger partial charge < -0.3 is 10.5 Å². The first kappa shape index (κ1) is 20.8. The largest absolute Gasteiger partial charge is 0.618 e. The minimum atomic E-state index is -0.660. The van der Waals surface area contributed by atoms with E-state index in [1.807, 2.05) is 6.07 Å². The number of hydrogen-bond donors (Lipinski definition) is 1. The Morgan fingerprint density at radius 2 is 1.75 bits per heavy atom. The summed E-state index contributed by atoms with van der Waals surface area (Å²) < 4.78 is 29.2. The van der Waals surface area contributed by atoms with E-state index in [0.29, 0.717) is 32.7 Å². The molecular formula is C25H20ClF2N3O. The van der Waals surface area contributed by atoms with E-state index in [4.69, 9.17) is 16.6 Å². The van der Waals surface area contributed by atoms with Crippen molar-refractivity contribution in [2.24, 2.45) is 0 Å². The molecule has 0 spiro atoms. The number of nitrogens with zero attached hydrogens (tertiary/aromatic N) is 2. The number of pyridine rings is 2. The zero-order valence-electron chi connectivity index (χ0n) is 17.1. The Morgan fingerprint density at radius 1 is 0.969 bits per heavy atom. The van der Waals surface area contributed by atoms with Gasteiger partial charge in [-0.2, -0.15) is 4.73 Å². The summed E-state index contributed by atoms with van der Waals surface area (Å²) >= 11 is 6.43. The lowest BCUT2D eigenvalue weighted by atomic mass is 9.90. The molecule has 3 heterocycles. The fraction of sp³-hybridized carbons (Fsp3) is 0.200. The first-order valence-electron chi connectivity index (χ1n) is 10.5. The molecule has 32 heavy (non-hydrogen) atoms.